The number of pyridine rings is 1. The van der Waals surface area contributed by atoms with E-state index < -0.39 is 11.7 Å². The smallest absolute Gasteiger partial charge is 0.408 e. The number of amides is 1. The number of ether oxygens (including phenoxy) is 2. The molecule has 0 fully saturated rings. The fourth-order valence-electron chi connectivity index (χ4n) is 1.71. The van der Waals surface area contributed by atoms with E-state index in [0.717, 1.165) is 0 Å². The molecule has 5 heteroatoms. The first-order chi connectivity index (χ1) is 9.85. The fourth-order valence-corrected chi connectivity index (χ4v) is 1.71. The number of aromatic nitrogens is 1. The van der Waals surface area contributed by atoms with Crippen LogP contribution in [0.25, 0.3) is 0 Å². The van der Waals surface area contributed by atoms with Gasteiger partial charge in [-0.15, -0.1) is 6.42 Å². The Morgan fingerprint density at radius 1 is 1.48 bits per heavy atom. The Morgan fingerprint density at radius 2 is 2.19 bits per heavy atom. The Labute approximate surface area is 126 Å². The summed E-state index contributed by atoms with van der Waals surface area (Å²) in [5.74, 6) is 2.48. The van der Waals surface area contributed by atoms with E-state index in [2.05, 4.69) is 16.2 Å². The Hall–Kier alpha value is -2.06. The molecule has 0 aromatic carbocycles. The maximum atomic E-state index is 11.9. The molecular weight excluding hydrogens is 268 g/mol. The molecule has 0 aliphatic carbocycles. The van der Waals surface area contributed by atoms with Gasteiger partial charge in [-0.25, -0.2) is 9.78 Å². The molecular formula is C16H22N2O3. The Bertz CT molecular complexity index is 515. The van der Waals surface area contributed by atoms with Gasteiger partial charge >= 0.3 is 6.09 Å². The number of hydrogen-bond acceptors (Lipinski definition) is 4. The van der Waals surface area contributed by atoms with Crippen LogP contribution in [0.3, 0.4) is 0 Å². The number of rotatable bonds is 5. The predicted molar refractivity (Wildman–Crippen MR) is 80.8 cm³/mol. The van der Waals surface area contributed by atoms with Crippen LogP contribution in [-0.2, 0) is 9.47 Å². The largest absolute Gasteiger partial charge is 0.444 e. The molecule has 5 nitrogen and oxygen atoms in total. The molecule has 1 heterocycles. The van der Waals surface area contributed by atoms with Crippen molar-refractivity contribution in [1.29, 1.82) is 0 Å². The summed E-state index contributed by atoms with van der Waals surface area (Å²) in [6, 6.07) is 5.06. The normalized spacial score (nSPS) is 12.3. The standard InChI is InChI=1S/C16H22N2O3/c1-6-12-8-7-9-13(17-12)14(10-11-20-5)18-15(19)21-16(2,3)4/h1,7-9,14H,10-11H2,2-5H3,(H,18,19)/t14-/m0/s1. The lowest BCUT2D eigenvalue weighted by atomic mass is 10.1. The molecule has 21 heavy (non-hydrogen) atoms. The van der Waals surface area contributed by atoms with Crippen LogP contribution in [0.4, 0.5) is 4.79 Å². The van der Waals surface area contributed by atoms with Crippen molar-refractivity contribution in [3.63, 3.8) is 0 Å². The van der Waals surface area contributed by atoms with Crippen molar-refractivity contribution in [2.24, 2.45) is 0 Å². The van der Waals surface area contributed by atoms with Crippen LogP contribution in [-0.4, -0.2) is 30.4 Å². The third-order valence-corrected chi connectivity index (χ3v) is 2.58. The molecule has 1 N–H and O–H groups in total. The number of alkyl carbamates (subject to hydrolysis) is 1. The van der Waals surface area contributed by atoms with Crippen molar-refractivity contribution in [1.82, 2.24) is 10.3 Å². The Kier molecular flexibility index (Phi) is 6.19. The average Bonchev–Trinajstić information content (AvgIpc) is 2.41. The van der Waals surface area contributed by atoms with Gasteiger partial charge in [0.2, 0.25) is 0 Å². The molecule has 0 radical (unpaired) electrons. The van der Waals surface area contributed by atoms with Crippen LogP contribution in [0.15, 0.2) is 18.2 Å². The summed E-state index contributed by atoms with van der Waals surface area (Å²) in [5.41, 5.74) is 0.665. The van der Waals surface area contributed by atoms with Gasteiger partial charge in [0.25, 0.3) is 0 Å². The highest BCUT2D eigenvalue weighted by Gasteiger charge is 2.21. The number of methoxy groups -OCH3 is 1. The van der Waals surface area contributed by atoms with Crippen molar-refractivity contribution in [3.05, 3.63) is 29.6 Å². The van der Waals surface area contributed by atoms with Crippen molar-refractivity contribution in [2.45, 2.75) is 38.8 Å². The van der Waals surface area contributed by atoms with Gasteiger partial charge in [0.05, 0.1) is 11.7 Å². The van der Waals surface area contributed by atoms with E-state index >= 15 is 0 Å². The van der Waals surface area contributed by atoms with Gasteiger partial charge in [0, 0.05) is 13.7 Å². The number of carbonyl (C=O) groups is 1. The zero-order valence-electron chi connectivity index (χ0n) is 13.0. The minimum absolute atomic E-state index is 0.312. The van der Waals surface area contributed by atoms with Crippen LogP contribution in [0.5, 0.6) is 0 Å². The van der Waals surface area contributed by atoms with Crippen molar-refractivity contribution >= 4 is 6.09 Å². The average molecular weight is 290 g/mol. The molecule has 0 saturated heterocycles. The summed E-state index contributed by atoms with van der Waals surface area (Å²) < 4.78 is 10.3. The lowest BCUT2D eigenvalue weighted by Gasteiger charge is -2.23. The minimum Gasteiger partial charge on any atom is -0.444 e. The summed E-state index contributed by atoms with van der Waals surface area (Å²) in [5, 5.41) is 2.80. The molecule has 1 aromatic rings. The molecule has 1 aromatic heterocycles. The third kappa shape index (κ3) is 6.28. The van der Waals surface area contributed by atoms with Crippen LogP contribution < -0.4 is 5.32 Å². The molecule has 1 rings (SSSR count). The quantitative estimate of drug-likeness (QED) is 0.847. The van der Waals surface area contributed by atoms with Crippen molar-refractivity contribution in [2.75, 3.05) is 13.7 Å². The van der Waals surface area contributed by atoms with E-state index in [1.54, 1.807) is 13.2 Å². The number of terminal acetylenes is 1. The van der Waals surface area contributed by atoms with E-state index in [0.29, 0.717) is 24.4 Å². The topological polar surface area (TPSA) is 60.5 Å². The molecule has 1 amide bonds. The van der Waals surface area contributed by atoms with Crippen molar-refractivity contribution in [3.8, 4) is 12.3 Å². The molecule has 0 unspecified atom stereocenters. The van der Waals surface area contributed by atoms with E-state index in [9.17, 15) is 4.79 Å². The first kappa shape index (κ1) is 17.0. The maximum Gasteiger partial charge on any atom is 0.408 e. The first-order valence-corrected chi connectivity index (χ1v) is 6.77. The van der Waals surface area contributed by atoms with Crippen molar-refractivity contribution < 1.29 is 14.3 Å². The zero-order chi connectivity index (χ0) is 15.9. The predicted octanol–water partition coefficient (Wildman–Crippen LogP) is 2.67. The van der Waals surface area contributed by atoms with Gasteiger partial charge in [0.1, 0.15) is 11.3 Å². The molecule has 0 bridgehead atoms. The Morgan fingerprint density at radius 3 is 2.76 bits per heavy atom. The second-order valence-electron chi connectivity index (χ2n) is 5.57. The van der Waals surface area contributed by atoms with Gasteiger partial charge in [0.15, 0.2) is 0 Å². The molecule has 0 spiro atoms. The molecule has 0 aliphatic rings. The number of carbonyl (C=O) groups excluding carboxylic acids is 1. The SMILES string of the molecule is C#Cc1cccc([C@H](CCOC)NC(=O)OC(C)(C)C)n1. The third-order valence-electron chi connectivity index (χ3n) is 2.58. The minimum atomic E-state index is -0.552. The highest BCUT2D eigenvalue weighted by atomic mass is 16.6. The fraction of sp³-hybridized carbons (Fsp3) is 0.500. The van der Waals surface area contributed by atoms with Gasteiger partial charge in [-0.05, 0) is 39.3 Å². The van der Waals surface area contributed by atoms with E-state index in [1.165, 1.54) is 0 Å². The summed E-state index contributed by atoms with van der Waals surface area (Å²) in [6.45, 7) is 5.93. The summed E-state index contributed by atoms with van der Waals surface area (Å²) in [4.78, 5) is 16.2. The monoisotopic (exact) mass is 290 g/mol. The highest BCUT2D eigenvalue weighted by molar-refractivity contribution is 5.68. The number of nitrogens with zero attached hydrogens (tertiary/aromatic N) is 1. The second kappa shape index (κ2) is 7.65. The zero-order valence-corrected chi connectivity index (χ0v) is 13.0. The van der Waals surface area contributed by atoms with Gasteiger partial charge in [-0.1, -0.05) is 12.0 Å². The van der Waals surface area contributed by atoms with Gasteiger partial charge in [-0.2, -0.15) is 0 Å². The maximum absolute atomic E-state index is 11.9. The van der Waals surface area contributed by atoms with Crippen LogP contribution in [0, 0.1) is 12.3 Å². The van der Waals surface area contributed by atoms with E-state index in [4.69, 9.17) is 15.9 Å². The van der Waals surface area contributed by atoms with Crippen LogP contribution in [0.2, 0.25) is 0 Å². The summed E-state index contributed by atoms with van der Waals surface area (Å²) in [6.07, 6.45) is 5.45. The van der Waals surface area contributed by atoms with E-state index in [-0.39, 0.29) is 6.04 Å². The summed E-state index contributed by atoms with van der Waals surface area (Å²) >= 11 is 0. The highest BCUT2D eigenvalue weighted by Crippen LogP contribution is 2.16. The second-order valence-corrected chi connectivity index (χ2v) is 5.57. The number of nitrogens with one attached hydrogen (secondary N) is 1. The molecule has 114 valence electrons. The Balaban J connectivity index is 2.84. The molecule has 1 atom stereocenters. The summed E-state index contributed by atoms with van der Waals surface area (Å²) in [7, 11) is 1.61. The van der Waals surface area contributed by atoms with E-state index in [1.807, 2.05) is 32.9 Å². The first-order valence-electron chi connectivity index (χ1n) is 6.77. The van der Waals surface area contributed by atoms with Gasteiger partial charge in [-0.3, -0.25) is 0 Å². The van der Waals surface area contributed by atoms with Gasteiger partial charge < -0.3 is 14.8 Å². The number of hydrogen-bond donors (Lipinski definition) is 1. The van der Waals surface area contributed by atoms with Crippen LogP contribution >= 0.6 is 0 Å². The van der Waals surface area contributed by atoms with Crippen LogP contribution in [0.1, 0.15) is 44.6 Å². The molecule has 0 saturated carbocycles. The lowest BCUT2D eigenvalue weighted by molar-refractivity contribution is 0.0491. The lowest BCUT2D eigenvalue weighted by Crippen LogP contribution is -2.35. The molecule has 0 aliphatic heterocycles.